The molecule has 0 amide bonds. The molecule has 1 fully saturated rings. The first-order valence-electron chi connectivity index (χ1n) is 5.93. The van der Waals surface area contributed by atoms with Crippen molar-refractivity contribution in [3.63, 3.8) is 0 Å². The molecular formula is C13H18N2. The Hall–Kier alpha value is -1.02. The standard InChI is InChI=1S/C13H18N2/c14-8-10-7-12-6-5-11-3-1-2-4-13(11)15(12)9-10/h1-4,10,12H,5-9,14H2. The summed E-state index contributed by atoms with van der Waals surface area (Å²) in [6.07, 6.45) is 3.85. The fourth-order valence-electron chi connectivity index (χ4n) is 3.08. The lowest BCUT2D eigenvalue weighted by Gasteiger charge is -2.33. The van der Waals surface area contributed by atoms with Crippen LogP contribution >= 0.6 is 0 Å². The highest BCUT2D eigenvalue weighted by molar-refractivity contribution is 5.57. The Kier molecular flexibility index (Phi) is 2.17. The van der Waals surface area contributed by atoms with Crippen LogP contribution in [0.2, 0.25) is 0 Å². The summed E-state index contributed by atoms with van der Waals surface area (Å²) in [7, 11) is 0. The van der Waals surface area contributed by atoms with Crippen molar-refractivity contribution in [1.29, 1.82) is 0 Å². The van der Waals surface area contributed by atoms with Crippen LogP contribution in [0.25, 0.3) is 0 Å². The molecule has 1 aromatic rings. The molecule has 2 heterocycles. The van der Waals surface area contributed by atoms with Crippen LogP contribution in [0.4, 0.5) is 5.69 Å². The normalized spacial score (nSPS) is 28.7. The maximum Gasteiger partial charge on any atom is 0.0401 e. The van der Waals surface area contributed by atoms with Crippen LogP contribution in [0.3, 0.4) is 0 Å². The fourth-order valence-corrected chi connectivity index (χ4v) is 3.08. The predicted molar refractivity (Wildman–Crippen MR) is 63.1 cm³/mol. The summed E-state index contributed by atoms with van der Waals surface area (Å²) < 4.78 is 0. The molecule has 0 bridgehead atoms. The predicted octanol–water partition coefficient (Wildman–Crippen LogP) is 1.79. The van der Waals surface area contributed by atoms with Gasteiger partial charge in [0.15, 0.2) is 0 Å². The molecule has 2 atom stereocenters. The van der Waals surface area contributed by atoms with Crippen molar-refractivity contribution in [3.05, 3.63) is 29.8 Å². The average molecular weight is 202 g/mol. The summed E-state index contributed by atoms with van der Waals surface area (Å²) in [6, 6.07) is 9.59. The lowest BCUT2D eigenvalue weighted by atomic mass is 9.95. The molecule has 2 heteroatoms. The number of anilines is 1. The number of aryl methyl sites for hydroxylation is 1. The quantitative estimate of drug-likeness (QED) is 0.752. The van der Waals surface area contributed by atoms with Gasteiger partial charge in [-0.25, -0.2) is 0 Å². The average Bonchev–Trinajstić information content (AvgIpc) is 2.72. The van der Waals surface area contributed by atoms with Crippen molar-refractivity contribution in [1.82, 2.24) is 0 Å². The van der Waals surface area contributed by atoms with Gasteiger partial charge in [-0.3, -0.25) is 0 Å². The smallest absolute Gasteiger partial charge is 0.0401 e. The Morgan fingerprint density at radius 2 is 2.20 bits per heavy atom. The van der Waals surface area contributed by atoms with E-state index in [0.717, 1.165) is 19.1 Å². The molecule has 15 heavy (non-hydrogen) atoms. The van der Waals surface area contributed by atoms with E-state index in [2.05, 4.69) is 29.2 Å². The number of fused-ring (bicyclic) bond motifs is 3. The highest BCUT2D eigenvalue weighted by Crippen LogP contribution is 2.37. The monoisotopic (exact) mass is 202 g/mol. The topological polar surface area (TPSA) is 29.3 Å². The molecule has 2 aliphatic rings. The van der Waals surface area contributed by atoms with Crippen molar-refractivity contribution in [2.75, 3.05) is 18.0 Å². The lowest BCUT2D eigenvalue weighted by Crippen LogP contribution is -2.34. The lowest BCUT2D eigenvalue weighted by molar-refractivity contribution is 0.537. The fraction of sp³-hybridized carbons (Fsp3) is 0.538. The van der Waals surface area contributed by atoms with Crippen molar-refractivity contribution in [3.8, 4) is 0 Å². The summed E-state index contributed by atoms with van der Waals surface area (Å²) >= 11 is 0. The van der Waals surface area contributed by atoms with Crippen LogP contribution in [0.15, 0.2) is 24.3 Å². The largest absolute Gasteiger partial charge is 0.368 e. The molecule has 0 spiro atoms. The van der Waals surface area contributed by atoms with Crippen LogP contribution in [0.5, 0.6) is 0 Å². The molecule has 1 saturated heterocycles. The van der Waals surface area contributed by atoms with Crippen LogP contribution in [0, 0.1) is 5.92 Å². The van der Waals surface area contributed by atoms with Crippen molar-refractivity contribution < 1.29 is 0 Å². The Bertz CT molecular complexity index is 361. The van der Waals surface area contributed by atoms with Gasteiger partial charge in [-0.05, 0) is 43.4 Å². The van der Waals surface area contributed by atoms with Gasteiger partial charge in [0.1, 0.15) is 0 Å². The van der Waals surface area contributed by atoms with Gasteiger partial charge in [0.05, 0.1) is 0 Å². The maximum absolute atomic E-state index is 5.78. The van der Waals surface area contributed by atoms with Crippen molar-refractivity contribution in [2.24, 2.45) is 11.7 Å². The van der Waals surface area contributed by atoms with Crippen LogP contribution in [-0.2, 0) is 6.42 Å². The number of hydrogen-bond acceptors (Lipinski definition) is 2. The minimum Gasteiger partial charge on any atom is -0.368 e. The van der Waals surface area contributed by atoms with Gasteiger partial charge < -0.3 is 10.6 Å². The first kappa shape index (κ1) is 9.22. The van der Waals surface area contributed by atoms with E-state index in [-0.39, 0.29) is 0 Å². The second-order valence-corrected chi connectivity index (χ2v) is 4.81. The molecule has 2 unspecified atom stereocenters. The Balaban J connectivity index is 1.93. The summed E-state index contributed by atoms with van der Waals surface area (Å²) in [6.45, 7) is 2.01. The summed E-state index contributed by atoms with van der Waals surface area (Å²) in [5, 5.41) is 0. The molecule has 3 rings (SSSR count). The zero-order valence-corrected chi connectivity index (χ0v) is 9.02. The van der Waals surface area contributed by atoms with Gasteiger partial charge in [-0.1, -0.05) is 18.2 Å². The molecule has 80 valence electrons. The van der Waals surface area contributed by atoms with E-state index in [0.29, 0.717) is 5.92 Å². The maximum atomic E-state index is 5.78. The highest BCUT2D eigenvalue weighted by Gasteiger charge is 2.34. The molecule has 0 aromatic heterocycles. The summed E-state index contributed by atoms with van der Waals surface area (Å²) in [4.78, 5) is 2.58. The molecule has 0 radical (unpaired) electrons. The molecule has 1 aromatic carbocycles. The zero-order chi connectivity index (χ0) is 10.3. The third-order valence-corrected chi connectivity index (χ3v) is 3.88. The van der Waals surface area contributed by atoms with Gasteiger partial charge in [0.25, 0.3) is 0 Å². The molecular weight excluding hydrogens is 184 g/mol. The van der Waals surface area contributed by atoms with Gasteiger partial charge in [0.2, 0.25) is 0 Å². The Labute approximate surface area is 91.1 Å². The van der Waals surface area contributed by atoms with Crippen LogP contribution in [0.1, 0.15) is 18.4 Å². The number of hydrogen-bond donors (Lipinski definition) is 1. The van der Waals surface area contributed by atoms with E-state index >= 15 is 0 Å². The van der Waals surface area contributed by atoms with Gasteiger partial charge in [-0.15, -0.1) is 0 Å². The number of rotatable bonds is 1. The van der Waals surface area contributed by atoms with Gasteiger partial charge >= 0.3 is 0 Å². The van der Waals surface area contributed by atoms with E-state index in [1.807, 2.05) is 0 Å². The van der Waals surface area contributed by atoms with E-state index in [1.165, 1.54) is 30.5 Å². The van der Waals surface area contributed by atoms with Crippen LogP contribution in [-0.4, -0.2) is 19.1 Å². The highest BCUT2D eigenvalue weighted by atomic mass is 15.2. The van der Waals surface area contributed by atoms with E-state index in [4.69, 9.17) is 5.73 Å². The molecule has 0 saturated carbocycles. The second-order valence-electron chi connectivity index (χ2n) is 4.81. The first-order chi connectivity index (χ1) is 7.38. The van der Waals surface area contributed by atoms with Gasteiger partial charge in [-0.2, -0.15) is 0 Å². The number of benzene rings is 1. The number of para-hydroxylation sites is 1. The number of nitrogens with zero attached hydrogens (tertiary/aromatic N) is 1. The SMILES string of the molecule is NCC1CC2CCc3ccccc3N2C1. The second kappa shape index (κ2) is 3.53. The minimum atomic E-state index is 0.709. The van der Waals surface area contributed by atoms with E-state index < -0.39 is 0 Å². The van der Waals surface area contributed by atoms with Crippen molar-refractivity contribution >= 4 is 5.69 Å². The van der Waals surface area contributed by atoms with E-state index in [9.17, 15) is 0 Å². The zero-order valence-electron chi connectivity index (χ0n) is 9.02. The molecule has 2 N–H and O–H groups in total. The Morgan fingerprint density at radius 1 is 1.33 bits per heavy atom. The Morgan fingerprint density at radius 3 is 3.07 bits per heavy atom. The van der Waals surface area contributed by atoms with E-state index in [1.54, 1.807) is 0 Å². The van der Waals surface area contributed by atoms with Crippen LogP contribution < -0.4 is 10.6 Å². The molecule has 2 aliphatic heterocycles. The van der Waals surface area contributed by atoms with Crippen molar-refractivity contribution in [2.45, 2.75) is 25.3 Å². The summed E-state index contributed by atoms with van der Waals surface area (Å²) in [5.74, 6) is 0.709. The third-order valence-electron chi connectivity index (χ3n) is 3.88. The third kappa shape index (κ3) is 1.44. The molecule has 2 nitrogen and oxygen atoms in total. The first-order valence-corrected chi connectivity index (χ1v) is 5.93. The summed E-state index contributed by atoms with van der Waals surface area (Å²) in [5.41, 5.74) is 8.76. The number of nitrogens with two attached hydrogens (primary N) is 1. The molecule has 0 aliphatic carbocycles. The minimum absolute atomic E-state index is 0.709. The van der Waals surface area contributed by atoms with Gasteiger partial charge in [0, 0.05) is 18.3 Å².